The average Bonchev–Trinajstić information content (AvgIpc) is 3.04. The lowest BCUT2D eigenvalue weighted by Gasteiger charge is -2.17. The maximum atomic E-state index is 10.5. The first kappa shape index (κ1) is 19.1. The second kappa shape index (κ2) is 8.79. The molecule has 0 aliphatic carbocycles. The van der Waals surface area contributed by atoms with E-state index in [1.54, 1.807) is 6.20 Å². The van der Waals surface area contributed by atoms with Crippen molar-refractivity contribution >= 4 is 34.8 Å². The molecule has 27 heavy (non-hydrogen) atoms. The number of rotatable bonds is 3. The molecule has 1 aromatic carbocycles. The highest BCUT2D eigenvalue weighted by atomic mass is 35.5. The number of pyridine rings is 2. The Labute approximate surface area is 162 Å². The fraction of sp³-hybridized carbons (Fsp3) is 0.250. The number of fused-ring (bicyclic) bond motifs is 1. The van der Waals surface area contributed by atoms with E-state index in [0.29, 0.717) is 11.6 Å². The zero-order valence-electron chi connectivity index (χ0n) is 14.6. The fourth-order valence-electron chi connectivity index (χ4n) is 3.41. The van der Waals surface area contributed by atoms with Crippen molar-refractivity contribution in [1.82, 2.24) is 9.97 Å². The van der Waals surface area contributed by atoms with E-state index >= 15 is 0 Å². The molecule has 1 fully saturated rings. The van der Waals surface area contributed by atoms with Crippen LogP contribution < -0.4 is 4.90 Å². The number of hydrogen-bond acceptors (Lipinski definition) is 5. The number of β-amino-alcohol motifs (C(OH)–C–C–N with tert-alkyl or cyclic N) is 1. The summed E-state index contributed by atoms with van der Waals surface area (Å²) in [6.07, 6.45) is 3.95. The number of benzene rings is 1. The summed E-state index contributed by atoms with van der Waals surface area (Å²) in [5, 5.41) is 19.2. The second-order valence-electron chi connectivity index (χ2n) is 6.36. The van der Waals surface area contributed by atoms with Gasteiger partial charge in [0.05, 0.1) is 16.6 Å². The highest BCUT2D eigenvalue weighted by molar-refractivity contribution is 6.30. The minimum Gasteiger partial charge on any atom is -0.483 e. The van der Waals surface area contributed by atoms with E-state index in [2.05, 4.69) is 27.0 Å². The molecule has 4 rings (SSSR count). The summed E-state index contributed by atoms with van der Waals surface area (Å²) >= 11 is 5.90. The van der Waals surface area contributed by atoms with Crippen LogP contribution in [0.4, 0.5) is 5.82 Å². The van der Waals surface area contributed by atoms with Gasteiger partial charge in [0, 0.05) is 36.8 Å². The third-order valence-corrected chi connectivity index (χ3v) is 4.89. The van der Waals surface area contributed by atoms with Crippen molar-refractivity contribution < 1.29 is 15.0 Å². The van der Waals surface area contributed by atoms with Crippen molar-refractivity contribution in [1.29, 1.82) is 0 Å². The number of carboxylic acid groups (broad SMARTS) is 1. The first-order valence-corrected chi connectivity index (χ1v) is 8.95. The maximum Gasteiger partial charge on any atom is 0.290 e. The lowest BCUT2D eigenvalue weighted by molar-refractivity contribution is -0.122. The van der Waals surface area contributed by atoms with Gasteiger partial charge in [-0.3, -0.25) is 9.78 Å². The van der Waals surface area contributed by atoms with Crippen molar-refractivity contribution in [2.24, 2.45) is 5.92 Å². The molecule has 0 radical (unpaired) electrons. The van der Waals surface area contributed by atoms with Crippen LogP contribution in [0, 0.1) is 5.92 Å². The summed E-state index contributed by atoms with van der Waals surface area (Å²) in [5.74, 6) is 1.04. The van der Waals surface area contributed by atoms with Gasteiger partial charge >= 0.3 is 0 Å². The molecule has 2 N–H and O–H groups in total. The van der Waals surface area contributed by atoms with Gasteiger partial charge in [-0.15, -0.1) is 0 Å². The van der Waals surface area contributed by atoms with E-state index in [-0.39, 0.29) is 18.5 Å². The molecule has 1 aliphatic heterocycles. The van der Waals surface area contributed by atoms with Gasteiger partial charge in [-0.1, -0.05) is 29.8 Å². The van der Waals surface area contributed by atoms with Crippen LogP contribution in [-0.4, -0.2) is 45.8 Å². The van der Waals surface area contributed by atoms with Gasteiger partial charge in [-0.25, -0.2) is 4.98 Å². The summed E-state index contributed by atoms with van der Waals surface area (Å²) < 4.78 is 0. The van der Waals surface area contributed by atoms with Gasteiger partial charge in [0.1, 0.15) is 5.82 Å². The number of halogens is 1. The molecular weight excluding hydrogens is 366 g/mol. The highest BCUT2D eigenvalue weighted by Gasteiger charge is 2.32. The highest BCUT2D eigenvalue weighted by Crippen LogP contribution is 2.28. The van der Waals surface area contributed by atoms with Crippen molar-refractivity contribution in [3.8, 4) is 0 Å². The smallest absolute Gasteiger partial charge is 0.290 e. The molecule has 1 aliphatic rings. The lowest BCUT2D eigenvalue weighted by Crippen LogP contribution is -2.21. The van der Waals surface area contributed by atoms with Crippen LogP contribution in [0.2, 0.25) is 5.02 Å². The van der Waals surface area contributed by atoms with Crippen LogP contribution in [0.1, 0.15) is 5.56 Å². The molecule has 140 valence electrons. The van der Waals surface area contributed by atoms with Crippen molar-refractivity contribution in [2.75, 3.05) is 18.0 Å². The van der Waals surface area contributed by atoms with Gasteiger partial charge in [-0.2, -0.15) is 0 Å². The summed E-state index contributed by atoms with van der Waals surface area (Å²) in [7, 11) is 0. The molecule has 2 atom stereocenters. The predicted octanol–water partition coefficient (Wildman–Crippen LogP) is 3.02. The van der Waals surface area contributed by atoms with Crippen LogP contribution >= 0.6 is 11.6 Å². The Morgan fingerprint density at radius 3 is 2.67 bits per heavy atom. The topological polar surface area (TPSA) is 86.5 Å². The van der Waals surface area contributed by atoms with Crippen LogP contribution in [0.3, 0.4) is 0 Å². The van der Waals surface area contributed by atoms with Gasteiger partial charge in [0.15, 0.2) is 0 Å². The molecule has 0 saturated carbocycles. The number of carbonyl (C=O) groups is 1. The van der Waals surface area contributed by atoms with E-state index < -0.39 is 0 Å². The number of aliphatic hydroxyl groups is 1. The van der Waals surface area contributed by atoms with E-state index in [0.717, 1.165) is 29.7 Å². The Hall–Kier alpha value is -2.70. The molecule has 0 unspecified atom stereocenters. The Bertz CT molecular complexity index is 899. The number of aromatic nitrogens is 2. The minimum absolute atomic E-state index is 0.174. The van der Waals surface area contributed by atoms with E-state index in [9.17, 15) is 5.11 Å². The summed E-state index contributed by atoms with van der Waals surface area (Å²) in [6, 6.07) is 13.9. The number of nitrogens with zero attached hydrogens (tertiary/aromatic N) is 3. The predicted molar refractivity (Wildman–Crippen MR) is 105 cm³/mol. The van der Waals surface area contributed by atoms with Crippen LogP contribution in [0.25, 0.3) is 10.9 Å². The molecule has 1 saturated heterocycles. The third-order valence-electron chi connectivity index (χ3n) is 4.66. The molecule has 2 aromatic heterocycles. The molecule has 0 amide bonds. The number of para-hydroxylation sites is 1. The molecule has 0 spiro atoms. The molecule has 0 bridgehead atoms. The Morgan fingerprint density at radius 2 is 1.93 bits per heavy atom. The van der Waals surface area contributed by atoms with Gasteiger partial charge in [-0.05, 0) is 36.2 Å². The fourth-order valence-corrected chi connectivity index (χ4v) is 3.52. The quantitative estimate of drug-likeness (QED) is 0.674. The second-order valence-corrected chi connectivity index (χ2v) is 6.80. The Kier molecular flexibility index (Phi) is 6.21. The van der Waals surface area contributed by atoms with E-state index in [1.165, 1.54) is 5.56 Å². The zero-order chi connectivity index (χ0) is 19.2. The molecule has 7 heteroatoms. The monoisotopic (exact) mass is 385 g/mol. The molecular formula is C20H20ClN3O3. The first-order valence-electron chi connectivity index (χ1n) is 8.57. The summed E-state index contributed by atoms with van der Waals surface area (Å²) in [6.45, 7) is 1.13. The SMILES string of the molecule is O=CO.O[C@@H]1CN(c2ccc(Cl)cn2)C[C@H]1Cc1ccnc2ccccc12. The van der Waals surface area contributed by atoms with Gasteiger partial charge in [0.25, 0.3) is 6.47 Å². The zero-order valence-corrected chi connectivity index (χ0v) is 15.3. The van der Waals surface area contributed by atoms with E-state index in [1.807, 2.05) is 36.5 Å². The minimum atomic E-state index is -0.366. The standard InChI is InChI=1S/C19H18ClN3O.CH2O2/c20-15-5-6-19(22-10-15)23-11-14(18(24)12-23)9-13-7-8-21-17-4-2-1-3-16(13)17;2-1-3/h1-8,10,14,18,24H,9,11-12H2;1H,(H,2,3)/t14-,18-;/m1./s1. The van der Waals surface area contributed by atoms with Crippen LogP contribution in [-0.2, 0) is 11.2 Å². The Balaban J connectivity index is 0.000000659. The first-order chi connectivity index (χ1) is 13.1. The average molecular weight is 386 g/mol. The van der Waals surface area contributed by atoms with Crippen molar-refractivity contribution in [3.05, 3.63) is 65.4 Å². The molecule has 6 nitrogen and oxygen atoms in total. The Morgan fingerprint density at radius 1 is 1.15 bits per heavy atom. The lowest BCUT2D eigenvalue weighted by atomic mass is 9.94. The van der Waals surface area contributed by atoms with Crippen molar-refractivity contribution in [3.63, 3.8) is 0 Å². The maximum absolute atomic E-state index is 10.5. The largest absolute Gasteiger partial charge is 0.483 e. The number of aliphatic hydroxyl groups excluding tert-OH is 1. The number of hydrogen-bond donors (Lipinski definition) is 2. The third kappa shape index (κ3) is 4.53. The summed E-state index contributed by atoms with van der Waals surface area (Å²) in [5.41, 5.74) is 2.23. The molecule has 3 heterocycles. The van der Waals surface area contributed by atoms with Crippen LogP contribution in [0.15, 0.2) is 54.9 Å². The number of anilines is 1. The summed E-state index contributed by atoms with van der Waals surface area (Å²) in [4.78, 5) is 19.3. The van der Waals surface area contributed by atoms with Crippen molar-refractivity contribution in [2.45, 2.75) is 12.5 Å². The van der Waals surface area contributed by atoms with Gasteiger partial charge in [0.2, 0.25) is 0 Å². The van der Waals surface area contributed by atoms with Crippen LogP contribution in [0.5, 0.6) is 0 Å². The van der Waals surface area contributed by atoms with E-state index in [4.69, 9.17) is 21.5 Å². The van der Waals surface area contributed by atoms with Gasteiger partial charge < -0.3 is 15.1 Å². The molecule has 3 aromatic rings. The normalized spacial score (nSPS) is 18.8.